The maximum atomic E-state index is 12.6. The van der Waals surface area contributed by atoms with E-state index in [1.165, 1.54) is 0 Å². The highest BCUT2D eigenvalue weighted by Gasteiger charge is 2.48. The predicted molar refractivity (Wildman–Crippen MR) is 79.3 cm³/mol. The van der Waals surface area contributed by atoms with Crippen molar-refractivity contribution in [3.63, 3.8) is 0 Å². The minimum absolute atomic E-state index is 0.0196. The summed E-state index contributed by atoms with van der Waals surface area (Å²) in [6.07, 6.45) is 2.83. The molecular weight excluding hydrogens is 290 g/mol. The Morgan fingerprint density at radius 1 is 1.29 bits per heavy atom. The van der Waals surface area contributed by atoms with Crippen molar-refractivity contribution in [3.8, 4) is 0 Å². The van der Waals surface area contributed by atoms with Crippen LogP contribution in [0.5, 0.6) is 0 Å². The van der Waals surface area contributed by atoms with Crippen LogP contribution in [0, 0.1) is 5.92 Å². The molecule has 0 spiro atoms. The lowest BCUT2D eigenvalue weighted by Crippen LogP contribution is -2.36. The lowest BCUT2D eigenvalue weighted by molar-refractivity contribution is -0.139. The van der Waals surface area contributed by atoms with Crippen LogP contribution in [0.3, 0.4) is 0 Å². The van der Waals surface area contributed by atoms with Crippen molar-refractivity contribution in [1.29, 1.82) is 0 Å². The van der Waals surface area contributed by atoms with Gasteiger partial charge in [-0.25, -0.2) is 0 Å². The zero-order valence-corrected chi connectivity index (χ0v) is 12.4. The van der Waals surface area contributed by atoms with Crippen LogP contribution in [0.1, 0.15) is 37.2 Å². The molecule has 2 saturated carbocycles. The second-order valence-corrected chi connectivity index (χ2v) is 6.28. The number of carbonyl (C=O) groups is 2. The average molecular weight is 308 g/mol. The van der Waals surface area contributed by atoms with Crippen LogP contribution in [-0.2, 0) is 9.59 Å². The number of carbonyl (C=O) groups excluding carboxylic acids is 1. The van der Waals surface area contributed by atoms with Gasteiger partial charge in [0.1, 0.15) is 0 Å². The van der Waals surface area contributed by atoms with Crippen molar-refractivity contribution in [3.05, 3.63) is 34.9 Å². The number of halogens is 1. The minimum Gasteiger partial charge on any atom is -0.481 e. The molecule has 4 nitrogen and oxygen atoms in total. The van der Waals surface area contributed by atoms with Gasteiger partial charge < -0.3 is 10.0 Å². The van der Waals surface area contributed by atoms with Crippen molar-refractivity contribution < 1.29 is 14.7 Å². The first kappa shape index (κ1) is 14.4. The Morgan fingerprint density at radius 3 is 2.62 bits per heavy atom. The monoisotopic (exact) mass is 307 g/mol. The lowest BCUT2D eigenvalue weighted by atomic mass is 10.1. The van der Waals surface area contributed by atoms with Crippen molar-refractivity contribution >= 4 is 23.5 Å². The molecule has 2 aliphatic carbocycles. The third-order valence-corrected chi connectivity index (χ3v) is 4.59. The van der Waals surface area contributed by atoms with Gasteiger partial charge in [-0.1, -0.05) is 29.8 Å². The van der Waals surface area contributed by atoms with E-state index in [4.69, 9.17) is 16.7 Å². The molecule has 0 aliphatic heterocycles. The summed E-state index contributed by atoms with van der Waals surface area (Å²) in [4.78, 5) is 25.1. The summed E-state index contributed by atoms with van der Waals surface area (Å²) < 4.78 is 0. The predicted octanol–water partition coefficient (Wildman–Crippen LogP) is 2.91. The van der Waals surface area contributed by atoms with E-state index >= 15 is 0 Å². The largest absolute Gasteiger partial charge is 0.481 e. The molecule has 3 rings (SSSR count). The summed E-state index contributed by atoms with van der Waals surface area (Å²) >= 11 is 6.18. The summed E-state index contributed by atoms with van der Waals surface area (Å²) in [5, 5.41) is 9.52. The number of rotatable bonds is 6. The fourth-order valence-corrected chi connectivity index (χ4v) is 3.15. The van der Waals surface area contributed by atoms with E-state index < -0.39 is 5.97 Å². The molecule has 0 unspecified atom stereocenters. The molecule has 112 valence electrons. The number of hydrogen-bond acceptors (Lipinski definition) is 2. The molecule has 0 saturated heterocycles. The molecule has 21 heavy (non-hydrogen) atoms. The number of hydrogen-bond donors (Lipinski definition) is 1. The first-order chi connectivity index (χ1) is 10.1. The van der Waals surface area contributed by atoms with Gasteiger partial charge in [0.25, 0.3) is 0 Å². The van der Waals surface area contributed by atoms with Gasteiger partial charge in [-0.15, -0.1) is 0 Å². The summed E-state index contributed by atoms with van der Waals surface area (Å²) in [6.45, 7) is 0.324. The topological polar surface area (TPSA) is 57.6 Å². The van der Waals surface area contributed by atoms with E-state index in [2.05, 4.69) is 0 Å². The molecule has 0 heterocycles. The molecule has 1 aromatic rings. The molecule has 1 aromatic carbocycles. The quantitative estimate of drug-likeness (QED) is 0.879. The van der Waals surface area contributed by atoms with Gasteiger partial charge >= 0.3 is 5.97 Å². The highest BCUT2D eigenvalue weighted by molar-refractivity contribution is 6.31. The fourth-order valence-electron chi connectivity index (χ4n) is 2.88. The van der Waals surface area contributed by atoms with Crippen LogP contribution in [0.4, 0.5) is 0 Å². The van der Waals surface area contributed by atoms with E-state index in [1.807, 2.05) is 24.3 Å². The summed E-state index contributed by atoms with van der Waals surface area (Å²) in [7, 11) is 0. The van der Waals surface area contributed by atoms with Crippen molar-refractivity contribution in [1.82, 2.24) is 4.90 Å². The molecule has 5 heteroatoms. The van der Waals surface area contributed by atoms with E-state index in [0.717, 1.165) is 24.8 Å². The molecule has 1 amide bonds. The van der Waals surface area contributed by atoms with Crippen LogP contribution in [-0.4, -0.2) is 34.5 Å². The van der Waals surface area contributed by atoms with Crippen LogP contribution in [0.15, 0.2) is 24.3 Å². The van der Waals surface area contributed by atoms with E-state index in [0.29, 0.717) is 11.6 Å². The second kappa shape index (κ2) is 5.68. The van der Waals surface area contributed by atoms with E-state index in [-0.39, 0.29) is 30.2 Å². The highest BCUT2D eigenvalue weighted by Crippen LogP contribution is 2.51. The average Bonchev–Trinajstić information content (AvgIpc) is 3.32. The van der Waals surface area contributed by atoms with Gasteiger partial charge in [0.15, 0.2) is 0 Å². The Morgan fingerprint density at radius 2 is 2.00 bits per heavy atom. The zero-order valence-electron chi connectivity index (χ0n) is 11.7. The SMILES string of the molecule is O=C(O)CCN(C(=O)[C@H]1C[C@H]1c1ccccc1Cl)C1CC1. The normalized spacial score (nSPS) is 23.7. The van der Waals surface area contributed by atoms with Crippen LogP contribution in [0.2, 0.25) is 5.02 Å². The third kappa shape index (κ3) is 3.21. The van der Waals surface area contributed by atoms with Gasteiger partial charge in [-0.3, -0.25) is 9.59 Å². The number of carboxylic acids is 1. The Bertz CT molecular complexity index is 570. The van der Waals surface area contributed by atoms with Crippen molar-refractivity contribution in [2.45, 2.75) is 37.6 Å². The van der Waals surface area contributed by atoms with E-state index in [9.17, 15) is 9.59 Å². The first-order valence-corrected chi connectivity index (χ1v) is 7.72. The maximum absolute atomic E-state index is 12.6. The van der Waals surface area contributed by atoms with E-state index in [1.54, 1.807) is 4.90 Å². The molecule has 0 radical (unpaired) electrons. The van der Waals surface area contributed by atoms with Gasteiger partial charge in [-0.2, -0.15) is 0 Å². The van der Waals surface area contributed by atoms with Crippen LogP contribution >= 0.6 is 11.6 Å². The van der Waals surface area contributed by atoms with Gasteiger partial charge in [0, 0.05) is 23.5 Å². The number of benzene rings is 1. The molecule has 2 aliphatic rings. The standard InChI is InChI=1S/C16H18ClNO3/c17-14-4-2-1-3-11(14)12-9-13(12)16(21)18(10-5-6-10)8-7-15(19)20/h1-4,10,12-13H,5-9H2,(H,19,20)/t12-,13-/m0/s1. The summed E-state index contributed by atoms with van der Waals surface area (Å²) in [6, 6.07) is 7.89. The number of nitrogens with zero attached hydrogens (tertiary/aromatic N) is 1. The number of amides is 1. The summed E-state index contributed by atoms with van der Waals surface area (Å²) in [5.41, 5.74) is 1.03. The highest BCUT2D eigenvalue weighted by atomic mass is 35.5. The third-order valence-electron chi connectivity index (χ3n) is 4.25. The molecule has 0 aromatic heterocycles. The Kier molecular flexibility index (Phi) is 3.89. The molecular formula is C16H18ClNO3. The number of carboxylic acid groups (broad SMARTS) is 1. The number of aliphatic carboxylic acids is 1. The van der Waals surface area contributed by atoms with Crippen LogP contribution < -0.4 is 0 Å². The fraction of sp³-hybridized carbons (Fsp3) is 0.500. The lowest BCUT2D eigenvalue weighted by Gasteiger charge is -2.22. The molecule has 2 fully saturated rings. The first-order valence-electron chi connectivity index (χ1n) is 7.34. The molecule has 0 bridgehead atoms. The van der Waals surface area contributed by atoms with Gasteiger partial charge in [0.2, 0.25) is 5.91 Å². The van der Waals surface area contributed by atoms with Gasteiger partial charge in [-0.05, 0) is 36.8 Å². The van der Waals surface area contributed by atoms with Crippen molar-refractivity contribution in [2.75, 3.05) is 6.54 Å². The smallest absolute Gasteiger partial charge is 0.305 e. The summed E-state index contributed by atoms with van der Waals surface area (Å²) in [5.74, 6) is -0.591. The Balaban J connectivity index is 1.65. The maximum Gasteiger partial charge on any atom is 0.305 e. The molecule has 2 atom stereocenters. The molecule has 1 N–H and O–H groups in total. The Labute approximate surface area is 128 Å². The zero-order chi connectivity index (χ0) is 15.0. The minimum atomic E-state index is -0.855. The second-order valence-electron chi connectivity index (χ2n) is 5.88. The van der Waals surface area contributed by atoms with Gasteiger partial charge in [0.05, 0.1) is 6.42 Å². The Hall–Kier alpha value is -1.55. The van der Waals surface area contributed by atoms with Crippen molar-refractivity contribution in [2.24, 2.45) is 5.92 Å². The van der Waals surface area contributed by atoms with Crippen LogP contribution in [0.25, 0.3) is 0 Å².